The number of nitrogens with zero attached hydrogens (tertiary/aromatic N) is 4. The molecule has 288 valence electrons. The fraction of sp³-hybridized carbons (Fsp3) is 0.321. The van der Waals surface area contributed by atoms with E-state index in [1.165, 1.54) is 43.8 Å². The minimum absolute atomic E-state index is 0.0232. The summed E-state index contributed by atoms with van der Waals surface area (Å²) in [5, 5.41) is 16.3. The normalized spacial score (nSPS) is 13.0. The summed E-state index contributed by atoms with van der Waals surface area (Å²) in [6.07, 6.45) is 1.88. The van der Waals surface area contributed by atoms with Gasteiger partial charge in [-0.05, 0) is 135 Å². The molecule has 4 nitrogen and oxygen atoms in total. The summed E-state index contributed by atoms with van der Waals surface area (Å²) in [5.41, 5.74) is 14.8. The zero-order valence-corrected chi connectivity index (χ0v) is 36.1. The van der Waals surface area contributed by atoms with Gasteiger partial charge >= 0.3 is 0 Å². The van der Waals surface area contributed by atoms with Gasteiger partial charge < -0.3 is 9.13 Å². The number of aromatic nitrogens is 3. The molecular formula is C53H56N4. The lowest BCUT2D eigenvalue weighted by Gasteiger charge is -2.21. The van der Waals surface area contributed by atoms with Gasteiger partial charge in [0.2, 0.25) is 0 Å². The van der Waals surface area contributed by atoms with Crippen LogP contribution in [0.4, 0.5) is 0 Å². The summed E-state index contributed by atoms with van der Waals surface area (Å²) >= 11 is 0. The van der Waals surface area contributed by atoms with Gasteiger partial charge in [0, 0.05) is 33.4 Å². The third-order valence-electron chi connectivity index (χ3n) is 11.9. The molecule has 5 aromatic carbocycles. The van der Waals surface area contributed by atoms with Crippen LogP contribution in [-0.2, 0) is 21.7 Å². The van der Waals surface area contributed by atoms with E-state index in [-0.39, 0.29) is 21.7 Å². The highest BCUT2D eigenvalue weighted by atomic mass is 15.0. The van der Waals surface area contributed by atoms with Gasteiger partial charge in [-0.15, -0.1) is 0 Å². The SMILES string of the molecule is Cc1cc(-c2cc(-n3c4ccc(C(C)(C)C)cc4c4cc(C(C)(C)C)ccc43)c(C#N)c(-n3c4ccc(C(C)(C)C)cc4c4cc(C(C)(C)C)ccc43)c2)ccn1. The largest absolute Gasteiger partial charge is 0.308 e. The molecule has 0 N–H and O–H groups in total. The van der Waals surface area contributed by atoms with Crippen molar-refractivity contribution >= 4 is 43.6 Å². The predicted molar refractivity (Wildman–Crippen MR) is 243 cm³/mol. The van der Waals surface area contributed by atoms with E-state index in [2.05, 4.69) is 200 Å². The van der Waals surface area contributed by atoms with E-state index in [0.717, 1.165) is 50.3 Å². The second-order valence-corrected chi connectivity index (χ2v) is 20.3. The molecule has 0 aliphatic heterocycles. The van der Waals surface area contributed by atoms with Gasteiger partial charge in [0.1, 0.15) is 11.6 Å². The van der Waals surface area contributed by atoms with E-state index in [4.69, 9.17) is 0 Å². The van der Waals surface area contributed by atoms with Gasteiger partial charge in [0.05, 0.1) is 33.4 Å². The van der Waals surface area contributed by atoms with E-state index < -0.39 is 0 Å². The molecule has 4 heteroatoms. The minimum Gasteiger partial charge on any atom is -0.308 e. The average Bonchev–Trinajstić information content (AvgIpc) is 3.64. The van der Waals surface area contributed by atoms with E-state index in [9.17, 15) is 5.26 Å². The fourth-order valence-electron chi connectivity index (χ4n) is 8.40. The van der Waals surface area contributed by atoms with Crippen LogP contribution in [0, 0.1) is 18.3 Å². The number of pyridine rings is 1. The molecule has 0 amide bonds. The zero-order valence-electron chi connectivity index (χ0n) is 36.1. The van der Waals surface area contributed by atoms with Crippen LogP contribution in [0.2, 0.25) is 0 Å². The number of hydrogen-bond donors (Lipinski definition) is 0. The number of fused-ring (bicyclic) bond motifs is 6. The fourth-order valence-corrected chi connectivity index (χ4v) is 8.40. The van der Waals surface area contributed by atoms with Gasteiger partial charge in [-0.25, -0.2) is 0 Å². The third-order valence-corrected chi connectivity index (χ3v) is 11.9. The quantitative estimate of drug-likeness (QED) is 0.181. The van der Waals surface area contributed by atoms with Crippen molar-refractivity contribution in [1.82, 2.24) is 14.1 Å². The average molecular weight is 749 g/mol. The molecule has 3 aromatic heterocycles. The number of benzene rings is 5. The number of aryl methyl sites for hydroxylation is 1. The van der Waals surface area contributed by atoms with Gasteiger partial charge in [-0.3, -0.25) is 4.98 Å². The first kappa shape index (κ1) is 38.2. The van der Waals surface area contributed by atoms with Crippen molar-refractivity contribution in [1.29, 1.82) is 5.26 Å². The molecular weight excluding hydrogens is 693 g/mol. The van der Waals surface area contributed by atoms with Crippen LogP contribution < -0.4 is 0 Å². The Kier molecular flexibility index (Phi) is 8.67. The van der Waals surface area contributed by atoms with E-state index in [1.54, 1.807) is 0 Å². The van der Waals surface area contributed by atoms with Gasteiger partial charge in [0.25, 0.3) is 0 Å². The van der Waals surface area contributed by atoms with Crippen molar-refractivity contribution < 1.29 is 0 Å². The molecule has 3 heterocycles. The van der Waals surface area contributed by atoms with Crippen LogP contribution in [0.3, 0.4) is 0 Å². The molecule has 0 atom stereocenters. The molecule has 0 bridgehead atoms. The Balaban J connectivity index is 1.55. The Morgan fingerprint density at radius 2 is 0.772 bits per heavy atom. The topological polar surface area (TPSA) is 46.5 Å². The first-order valence-corrected chi connectivity index (χ1v) is 20.4. The maximum atomic E-state index is 11.5. The molecule has 0 saturated heterocycles. The summed E-state index contributed by atoms with van der Waals surface area (Å²) in [7, 11) is 0. The van der Waals surface area contributed by atoms with E-state index >= 15 is 0 Å². The maximum absolute atomic E-state index is 11.5. The first-order valence-electron chi connectivity index (χ1n) is 20.4. The Labute approximate surface area is 338 Å². The molecule has 8 aromatic rings. The first-order chi connectivity index (χ1) is 26.6. The smallest absolute Gasteiger partial charge is 0.104 e. The third kappa shape index (κ3) is 6.52. The molecule has 0 radical (unpaired) electrons. The summed E-state index contributed by atoms with van der Waals surface area (Å²) in [4.78, 5) is 4.56. The van der Waals surface area contributed by atoms with E-state index in [1.807, 2.05) is 13.1 Å². The van der Waals surface area contributed by atoms with Gasteiger partial charge in [-0.1, -0.05) is 107 Å². The second kappa shape index (κ2) is 12.9. The number of rotatable bonds is 3. The Morgan fingerprint density at radius 3 is 1.05 bits per heavy atom. The van der Waals surface area contributed by atoms with Crippen molar-refractivity contribution in [2.24, 2.45) is 0 Å². The molecule has 0 fully saturated rings. The zero-order chi connectivity index (χ0) is 41.0. The van der Waals surface area contributed by atoms with E-state index in [0.29, 0.717) is 5.56 Å². The Bertz CT molecular complexity index is 2640. The summed E-state index contributed by atoms with van der Waals surface area (Å²) < 4.78 is 4.68. The molecule has 0 aliphatic carbocycles. The summed E-state index contributed by atoms with van der Waals surface area (Å²) in [6.45, 7) is 29.3. The summed E-state index contributed by atoms with van der Waals surface area (Å²) in [5.74, 6) is 0. The lowest BCUT2D eigenvalue weighted by Crippen LogP contribution is -2.11. The minimum atomic E-state index is -0.0232. The number of nitriles is 1. The molecule has 0 spiro atoms. The highest BCUT2D eigenvalue weighted by molar-refractivity contribution is 6.12. The van der Waals surface area contributed by atoms with Crippen LogP contribution in [-0.4, -0.2) is 14.1 Å². The highest BCUT2D eigenvalue weighted by Crippen LogP contribution is 2.43. The number of hydrogen-bond acceptors (Lipinski definition) is 2. The summed E-state index contributed by atoms with van der Waals surface area (Å²) in [6, 6.07) is 39.0. The Morgan fingerprint density at radius 1 is 0.439 bits per heavy atom. The van der Waals surface area contributed by atoms with Crippen LogP contribution >= 0.6 is 0 Å². The van der Waals surface area contributed by atoms with Crippen molar-refractivity contribution in [2.45, 2.75) is 112 Å². The molecule has 57 heavy (non-hydrogen) atoms. The predicted octanol–water partition coefficient (Wildman–Crippen LogP) is 14.3. The van der Waals surface area contributed by atoms with Gasteiger partial charge in [-0.2, -0.15) is 5.26 Å². The van der Waals surface area contributed by atoms with Crippen LogP contribution in [0.5, 0.6) is 0 Å². The van der Waals surface area contributed by atoms with Crippen molar-refractivity contribution in [3.63, 3.8) is 0 Å². The highest BCUT2D eigenvalue weighted by Gasteiger charge is 2.26. The monoisotopic (exact) mass is 748 g/mol. The lowest BCUT2D eigenvalue weighted by molar-refractivity contribution is 0.590. The lowest BCUT2D eigenvalue weighted by atomic mass is 9.85. The van der Waals surface area contributed by atoms with Crippen molar-refractivity contribution in [2.75, 3.05) is 0 Å². The molecule has 8 rings (SSSR count). The van der Waals surface area contributed by atoms with Crippen LogP contribution in [0.15, 0.2) is 103 Å². The van der Waals surface area contributed by atoms with Crippen LogP contribution in [0.25, 0.3) is 66.1 Å². The van der Waals surface area contributed by atoms with Crippen molar-refractivity contribution in [3.05, 3.63) is 137 Å². The van der Waals surface area contributed by atoms with Gasteiger partial charge in [0.15, 0.2) is 0 Å². The Hall–Kier alpha value is -5.66. The maximum Gasteiger partial charge on any atom is 0.104 e. The van der Waals surface area contributed by atoms with Crippen molar-refractivity contribution in [3.8, 4) is 28.6 Å². The second-order valence-electron chi connectivity index (χ2n) is 20.3. The standard InChI is InChI=1S/C53H56N4/c1-32-24-33(22-23-55-32)34-25-48(56-44-18-14-35(50(2,3)4)27-39(44)40-28-36(51(5,6)7)15-19-45(40)56)43(31-54)49(26-34)57-46-20-16-37(52(8,9)10)29-41(46)42-30-38(53(11,12)13)17-21-47(42)57/h14-30H,1-13H3. The van der Waals surface area contributed by atoms with Crippen LogP contribution in [0.1, 0.15) is 117 Å². The molecule has 0 aliphatic rings. The molecule has 0 saturated carbocycles. The molecule has 0 unspecified atom stereocenters.